The molecule has 0 aliphatic carbocycles. The van der Waals surface area contributed by atoms with E-state index < -0.39 is 11.9 Å². The van der Waals surface area contributed by atoms with Gasteiger partial charge >= 0.3 is 5.97 Å². The van der Waals surface area contributed by atoms with Crippen LogP contribution < -0.4 is 0 Å². The molecule has 5 heteroatoms. The number of rotatable bonds is 4. The molecule has 0 atom stereocenters. The van der Waals surface area contributed by atoms with Crippen molar-refractivity contribution in [3.05, 3.63) is 0 Å². The SMILES string of the molecule is O=C(O)CC(CO)CO.[Ni]. The number of hydrogen-bond donors (Lipinski definition) is 3. The monoisotopic (exact) mass is 192 g/mol. The molecule has 0 aromatic heterocycles. The zero-order valence-corrected chi connectivity index (χ0v) is 6.25. The van der Waals surface area contributed by atoms with E-state index in [2.05, 4.69) is 0 Å². The second-order valence-corrected chi connectivity index (χ2v) is 1.83. The molecule has 0 aliphatic heterocycles. The summed E-state index contributed by atoms with van der Waals surface area (Å²) < 4.78 is 0. The van der Waals surface area contributed by atoms with Gasteiger partial charge in [0, 0.05) is 35.6 Å². The van der Waals surface area contributed by atoms with Gasteiger partial charge < -0.3 is 15.3 Å². The van der Waals surface area contributed by atoms with E-state index in [4.69, 9.17) is 15.3 Å². The maximum Gasteiger partial charge on any atom is 0.303 e. The van der Waals surface area contributed by atoms with Gasteiger partial charge in [0.15, 0.2) is 0 Å². The van der Waals surface area contributed by atoms with E-state index in [0.29, 0.717) is 0 Å². The van der Waals surface area contributed by atoms with Gasteiger partial charge in [-0.05, 0) is 0 Å². The van der Waals surface area contributed by atoms with Crippen LogP contribution in [0.25, 0.3) is 0 Å². The molecule has 0 spiro atoms. The van der Waals surface area contributed by atoms with E-state index in [0.717, 1.165) is 0 Å². The average molecular weight is 193 g/mol. The van der Waals surface area contributed by atoms with Crippen molar-refractivity contribution in [3.8, 4) is 0 Å². The Labute approximate surface area is 68.8 Å². The van der Waals surface area contributed by atoms with Crippen molar-refractivity contribution in [3.63, 3.8) is 0 Å². The molecule has 0 saturated heterocycles. The number of aliphatic carboxylic acids is 1. The van der Waals surface area contributed by atoms with Gasteiger partial charge in [0.2, 0.25) is 0 Å². The third-order valence-electron chi connectivity index (χ3n) is 0.980. The summed E-state index contributed by atoms with van der Waals surface area (Å²) in [6.07, 6.45) is -0.174. The van der Waals surface area contributed by atoms with Crippen LogP contribution in [0.5, 0.6) is 0 Å². The van der Waals surface area contributed by atoms with Gasteiger partial charge in [0.1, 0.15) is 0 Å². The normalized spacial score (nSPS) is 9.10. The Balaban J connectivity index is 0. The Kier molecular flexibility index (Phi) is 8.78. The van der Waals surface area contributed by atoms with Gasteiger partial charge in [-0.25, -0.2) is 0 Å². The van der Waals surface area contributed by atoms with Crippen LogP contribution >= 0.6 is 0 Å². The summed E-state index contributed by atoms with van der Waals surface area (Å²) in [5.74, 6) is -1.51. The molecule has 64 valence electrons. The topological polar surface area (TPSA) is 77.8 Å². The first kappa shape index (κ1) is 12.5. The zero-order chi connectivity index (χ0) is 7.28. The summed E-state index contributed by atoms with van der Waals surface area (Å²) >= 11 is 0. The summed E-state index contributed by atoms with van der Waals surface area (Å²) in [7, 11) is 0. The number of carboxylic acid groups (broad SMARTS) is 1. The Morgan fingerprint density at radius 3 is 1.80 bits per heavy atom. The third kappa shape index (κ3) is 6.01. The second kappa shape index (κ2) is 7.00. The van der Waals surface area contributed by atoms with Gasteiger partial charge in [-0.1, -0.05) is 0 Å². The number of carbonyl (C=O) groups is 1. The van der Waals surface area contributed by atoms with Gasteiger partial charge in [-0.3, -0.25) is 4.79 Å². The fraction of sp³-hybridized carbons (Fsp3) is 0.800. The minimum atomic E-state index is -0.997. The molecule has 0 rings (SSSR count). The Morgan fingerprint density at radius 1 is 1.30 bits per heavy atom. The molecular formula is C5H10NiO4. The molecule has 3 N–H and O–H groups in total. The van der Waals surface area contributed by atoms with Crippen molar-refractivity contribution in [2.75, 3.05) is 13.2 Å². The number of aliphatic hydroxyl groups is 2. The van der Waals surface area contributed by atoms with Crippen molar-refractivity contribution in [2.24, 2.45) is 5.92 Å². The summed E-state index contributed by atoms with van der Waals surface area (Å²) in [5, 5.41) is 24.8. The predicted octanol–water partition coefficient (Wildman–Crippen LogP) is -0.941. The van der Waals surface area contributed by atoms with Crippen molar-refractivity contribution in [1.29, 1.82) is 0 Å². The van der Waals surface area contributed by atoms with Crippen LogP contribution in [-0.4, -0.2) is 34.5 Å². The van der Waals surface area contributed by atoms with Gasteiger partial charge in [0.05, 0.1) is 6.42 Å². The van der Waals surface area contributed by atoms with Crippen LogP contribution in [0.1, 0.15) is 6.42 Å². The Bertz CT molecular complexity index is 91.6. The average Bonchev–Trinajstić information content (AvgIpc) is 1.82. The van der Waals surface area contributed by atoms with Gasteiger partial charge in [-0.2, -0.15) is 0 Å². The molecule has 0 aliphatic rings. The maximum absolute atomic E-state index is 9.91. The van der Waals surface area contributed by atoms with Crippen molar-refractivity contribution < 1.29 is 36.6 Å². The molecule has 4 nitrogen and oxygen atoms in total. The van der Waals surface area contributed by atoms with Crippen LogP contribution in [-0.2, 0) is 21.3 Å². The zero-order valence-electron chi connectivity index (χ0n) is 5.26. The van der Waals surface area contributed by atoms with Crippen LogP contribution in [0.3, 0.4) is 0 Å². The van der Waals surface area contributed by atoms with E-state index in [-0.39, 0.29) is 36.1 Å². The summed E-state index contributed by atoms with van der Waals surface area (Å²) in [6, 6.07) is 0. The minimum Gasteiger partial charge on any atom is -0.481 e. The molecule has 0 heterocycles. The van der Waals surface area contributed by atoms with Crippen LogP contribution in [0.15, 0.2) is 0 Å². The number of hydrogen-bond acceptors (Lipinski definition) is 3. The first-order chi connectivity index (χ1) is 4.20. The van der Waals surface area contributed by atoms with E-state index >= 15 is 0 Å². The first-order valence-corrected chi connectivity index (χ1v) is 2.64. The molecule has 0 bridgehead atoms. The van der Waals surface area contributed by atoms with E-state index in [9.17, 15) is 4.79 Å². The van der Waals surface area contributed by atoms with Gasteiger partial charge in [-0.15, -0.1) is 0 Å². The van der Waals surface area contributed by atoms with E-state index in [1.165, 1.54) is 0 Å². The molecule has 0 radical (unpaired) electrons. The molecule has 0 fully saturated rings. The smallest absolute Gasteiger partial charge is 0.303 e. The molecule has 0 saturated carbocycles. The number of aliphatic hydroxyl groups excluding tert-OH is 2. The Morgan fingerprint density at radius 2 is 1.70 bits per heavy atom. The molecular weight excluding hydrogens is 183 g/mol. The quantitative estimate of drug-likeness (QED) is 0.503. The van der Waals surface area contributed by atoms with Crippen molar-refractivity contribution in [2.45, 2.75) is 6.42 Å². The summed E-state index contributed by atoms with van der Waals surface area (Å²) in [5.41, 5.74) is 0. The van der Waals surface area contributed by atoms with Gasteiger partial charge in [0.25, 0.3) is 0 Å². The molecule has 0 amide bonds. The first-order valence-electron chi connectivity index (χ1n) is 2.64. The summed E-state index contributed by atoms with van der Waals surface area (Å²) in [4.78, 5) is 9.91. The standard InChI is InChI=1S/C5H10O4.Ni/c6-2-4(3-7)1-5(8)9;/h4,6-7H,1-3H2,(H,8,9);. The fourth-order valence-electron chi connectivity index (χ4n) is 0.434. The molecule has 0 aromatic rings. The van der Waals surface area contributed by atoms with Crippen LogP contribution in [0.2, 0.25) is 0 Å². The second-order valence-electron chi connectivity index (χ2n) is 1.83. The maximum atomic E-state index is 9.91. The Hall–Kier alpha value is -0.116. The molecule has 10 heavy (non-hydrogen) atoms. The fourth-order valence-corrected chi connectivity index (χ4v) is 0.434. The van der Waals surface area contributed by atoms with Crippen molar-refractivity contribution >= 4 is 5.97 Å². The van der Waals surface area contributed by atoms with Crippen molar-refractivity contribution in [1.82, 2.24) is 0 Å². The van der Waals surface area contributed by atoms with E-state index in [1.54, 1.807) is 0 Å². The summed E-state index contributed by atoms with van der Waals surface area (Å²) in [6.45, 7) is -0.550. The van der Waals surface area contributed by atoms with E-state index in [1.807, 2.05) is 0 Å². The number of carboxylic acids is 1. The predicted molar refractivity (Wildman–Crippen MR) is 29.9 cm³/mol. The minimum absolute atomic E-state index is 0. The molecule has 0 aromatic carbocycles. The van der Waals surface area contributed by atoms with Crippen LogP contribution in [0, 0.1) is 5.92 Å². The largest absolute Gasteiger partial charge is 0.481 e. The third-order valence-corrected chi connectivity index (χ3v) is 0.980. The molecule has 0 unspecified atom stereocenters. The van der Waals surface area contributed by atoms with Crippen LogP contribution in [0.4, 0.5) is 0 Å².